The molecule has 0 aliphatic carbocycles. The van der Waals surface area contributed by atoms with Crippen LogP contribution in [-0.2, 0) is 0 Å². The first-order valence-corrected chi connectivity index (χ1v) is 7.01. The maximum Gasteiger partial charge on any atom is 0.0347 e. The minimum atomic E-state index is 0.130. The second-order valence-electron chi connectivity index (χ2n) is 6.58. The van der Waals surface area contributed by atoms with Crippen LogP contribution in [0, 0.1) is 0 Å². The van der Waals surface area contributed by atoms with Crippen LogP contribution in [-0.4, -0.2) is 30.6 Å². The molecule has 0 spiro atoms. The number of hydrogen-bond acceptors (Lipinski definition) is 2. The van der Waals surface area contributed by atoms with Gasteiger partial charge < -0.3 is 10.2 Å². The Bertz CT molecular complexity index is 384. The molecule has 18 heavy (non-hydrogen) atoms. The molecule has 1 fully saturated rings. The first-order chi connectivity index (χ1) is 8.44. The second kappa shape index (κ2) is 5.31. The van der Waals surface area contributed by atoms with E-state index in [-0.39, 0.29) is 5.54 Å². The summed E-state index contributed by atoms with van der Waals surface area (Å²) in [5.74, 6) is 0.739. The number of nitrogens with one attached hydrogen (secondary N) is 1. The highest BCUT2D eigenvalue weighted by Gasteiger charge is 2.18. The topological polar surface area (TPSA) is 15.3 Å². The Balaban J connectivity index is 2.07. The standard InChI is InChI=1S/C16H26N2/c1-16(2,3)17-15-7-5-6-14(12-15)13-8-10-18(4)11-9-13/h5-7,12-13,17H,8-11H2,1-4H3. The molecule has 2 heteroatoms. The number of nitrogens with zero attached hydrogens (tertiary/aromatic N) is 1. The lowest BCUT2D eigenvalue weighted by molar-refractivity contribution is 0.255. The van der Waals surface area contributed by atoms with Crippen LogP contribution in [0.25, 0.3) is 0 Å². The Kier molecular flexibility index (Phi) is 3.96. The second-order valence-corrected chi connectivity index (χ2v) is 6.58. The Labute approximate surface area is 111 Å². The van der Waals surface area contributed by atoms with Gasteiger partial charge in [0.25, 0.3) is 0 Å². The van der Waals surface area contributed by atoms with E-state index in [4.69, 9.17) is 0 Å². The highest BCUT2D eigenvalue weighted by Crippen LogP contribution is 2.29. The van der Waals surface area contributed by atoms with Gasteiger partial charge in [-0.3, -0.25) is 0 Å². The molecule has 2 rings (SSSR count). The highest BCUT2D eigenvalue weighted by atomic mass is 15.1. The van der Waals surface area contributed by atoms with Crippen LogP contribution in [0.4, 0.5) is 5.69 Å². The van der Waals surface area contributed by atoms with Crippen molar-refractivity contribution < 1.29 is 0 Å². The molecule has 0 atom stereocenters. The fraction of sp³-hybridized carbons (Fsp3) is 0.625. The first-order valence-electron chi connectivity index (χ1n) is 7.01. The molecule has 1 N–H and O–H groups in total. The summed E-state index contributed by atoms with van der Waals surface area (Å²) in [7, 11) is 2.22. The normalized spacial score (nSPS) is 18.9. The van der Waals surface area contributed by atoms with Crippen molar-refractivity contribution in [2.24, 2.45) is 0 Å². The van der Waals surface area contributed by atoms with Gasteiger partial charge >= 0.3 is 0 Å². The highest BCUT2D eigenvalue weighted by molar-refractivity contribution is 5.48. The number of likely N-dealkylation sites (tertiary alicyclic amines) is 1. The molecule has 0 bridgehead atoms. The predicted octanol–water partition coefficient (Wildman–Crippen LogP) is 3.71. The third-order valence-electron chi connectivity index (χ3n) is 3.60. The molecule has 1 heterocycles. The van der Waals surface area contributed by atoms with E-state index in [1.54, 1.807) is 0 Å². The summed E-state index contributed by atoms with van der Waals surface area (Å²) in [4.78, 5) is 2.42. The summed E-state index contributed by atoms with van der Waals surface area (Å²) in [5.41, 5.74) is 2.88. The largest absolute Gasteiger partial charge is 0.380 e. The molecule has 0 unspecified atom stereocenters. The van der Waals surface area contributed by atoms with Gasteiger partial charge in [0, 0.05) is 11.2 Å². The van der Waals surface area contributed by atoms with Gasteiger partial charge in [0.1, 0.15) is 0 Å². The zero-order chi connectivity index (χ0) is 13.2. The average molecular weight is 246 g/mol. The molecule has 1 aromatic carbocycles. The minimum Gasteiger partial charge on any atom is -0.380 e. The van der Waals surface area contributed by atoms with Crippen LogP contribution in [0.5, 0.6) is 0 Å². The van der Waals surface area contributed by atoms with Crippen LogP contribution in [0.2, 0.25) is 0 Å². The van der Waals surface area contributed by atoms with E-state index >= 15 is 0 Å². The monoisotopic (exact) mass is 246 g/mol. The molecule has 2 nitrogen and oxygen atoms in total. The molecule has 1 aromatic rings. The van der Waals surface area contributed by atoms with E-state index in [0.29, 0.717) is 0 Å². The summed E-state index contributed by atoms with van der Waals surface area (Å²) in [5, 5.41) is 3.56. The summed E-state index contributed by atoms with van der Waals surface area (Å²) < 4.78 is 0. The molecule has 100 valence electrons. The zero-order valence-electron chi connectivity index (χ0n) is 12.2. The molecular formula is C16H26N2. The molecule has 1 aliphatic rings. The Hall–Kier alpha value is -1.02. The van der Waals surface area contributed by atoms with E-state index in [1.807, 2.05) is 0 Å². The Morgan fingerprint density at radius 2 is 1.83 bits per heavy atom. The average Bonchev–Trinajstić information content (AvgIpc) is 2.28. The molecule has 0 radical (unpaired) electrons. The van der Waals surface area contributed by atoms with Crippen molar-refractivity contribution in [3.63, 3.8) is 0 Å². The fourth-order valence-electron chi connectivity index (χ4n) is 2.65. The van der Waals surface area contributed by atoms with Crippen molar-refractivity contribution in [1.29, 1.82) is 0 Å². The third kappa shape index (κ3) is 3.74. The van der Waals surface area contributed by atoms with E-state index < -0.39 is 0 Å². The van der Waals surface area contributed by atoms with E-state index in [1.165, 1.54) is 37.2 Å². The number of piperidine rings is 1. The number of hydrogen-bond donors (Lipinski definition) is 1. The first kappa shape index (κ1) is 13.4. The van der Waals surface area contributed by atoms with Crippen LogP contribution in [0.1, 0.15) is 45.1 Å². The molecule has 1 aliphatic heterocycles. The van der Waals surface area contributed by atoms with Gasteiger partial charge in [0.05, 0.1) is 0 Å². The van der Waals surface area contributed by atoms with Crippen molar-refractivity contribution in [2.75, 3.05) is 25.5 Å². The van der Waals surface area contributed by atoms with Crippen LogP contribution < -0.4 is 5.32 Å². The Morgan fingerprint density at radius 3 is 2.44 bits per heavy atom. The SMILES string of the molecule is CN1CCC(c2cccc(NC(C)(C)C)c2)CC1. The number of benzene rings is 1. The fourth-order valence-corrected chi connectivity index (χ4v) is 2.65. The Morgan fingerprint density at radius 1 is 1.17 bits per heavy atom. The minimum absolute atomic E-state index is 0.130. The summed E-state index contributed by atoms with van der Waals surface area (Å²) in [6.45, 7) is 9.06. The van der Waals surface area contributed by atoms with Crippen LogP contribution >= 0.6 is 0 Å². The van der Waals surface area contributed by atoms with Gasteiger partial charge in [-0.1, -0.05) is 12.1 Å². The van der Waals surface area contributed by atoms with Crippen molar-refractivity contribution in [2.45, 2.75) is 45.1 Å². The third-order valence-corrected chi connectivity index (χ3v) is 3.60. The number of rotatable bonds is 2. The van der Waals surface area contributed by atoms with Crippen molar-refractivity contribution >= 4 is 5.69 Å². The lowest BCUT2D eigenvalue weighted by Crippen LogP contribution is -2.29. The molecule has 0 saturated carbocycles. The van der Waals surface area contributed by atoms with Crippen LogP contribution in [0.3, 0.4) is 0 Å². The van der Waals surface area contributed by atoms with Gasteiger partial charge in [-0.05, 0) is 77.4 Å². The lowest BCUT2D eigenvalue weighted by Gasteiger charge is -2.30. The molecule has 1 saturated heterocycles. The summed E-state index contributed by atoms with van der Waals surface area (Å²) in [6, 6.07) is 8.97. The van der Waals surface area contributed by atoms with Crippen LogP contribution in [0.15, 0.2) is 24.3 Å². The smallest absolute Gasteiger partial charge is 0.0347 e. The maximum absolute atomic E-state index is 3.56. The maximum atomic E-state index is 3.56. The van der Waals surface area contributed by atoms with Gasteiger partial charge in [-0.25, -0.2) is 0 Å². The zero-order valence-corrected chi connectivity index (χ0v) is 12.2. The lowest BCUT2D eigenvalue weighted by atomic mass is 9.89. The molecule has 0 aromatic heterocycles. The summed E-state index contributed by atoms with van der Waals surface area (Å²) in [6.07, 6.45) is 2.57. The predicted molar refractivity (Wildman–Crippen MR) is 79.3 cm³/mol. The van der Waals surface area contributed by atoms with E-state index in [2.05, 4.69) is 62.3 Å². The number of anilines is 1. The van der Waals surface area contributed by atoms with Gasteiger partial charge in [-0.15, -0.1) is 0 Å². The van der Waals surface area contributed by atoms with Gasteiger partial charge in [0.2, 0.25) is 0 Å². The van der Waals surface area contributed by atoms with Crippen molar-refractivity contribution in [1.82, 2.24) is 4.90 Å². The molecular weight excluding hydrogens is 220 g/mol. The quantitative estimate of drug-likeness (QED) is 0.856. The van der Waals surface area contributed by atoms with Crippen molar-refractivity contribution in [3.05, 3.63) is 29.8 Å². The van der Waals surface area contributed by atoms with E-state index in [9.17, 15) is 0 Å². The van der Waals surface area contributed by atoms with Gasteiger partial charge in [-0.2, -0.15) is 0 Å². The van der Waals surface area contributed by atoms with E-state index in [0.717, 1.165) is 5.92 Å². The van der Waals surface area contributed by atoms with Crippen molar-refractivity contribution in [3.8, 4) is 0 Å². The molecule has 0 amide bonds. The van der Waals surface area contributed by atoms with Gasteiger partial charge in [0.15, 0.2) is 0 Å². The summed E-state index contributed by atoms with van der Waals surface area (Å²) >= 11 is 0.